The van der Waals surface area contributed by atoms with Crippen LogP contribution in [-0.2, 0) is 14.4 Å². The first-order valence-electron chi connectivity index (χ1n) is 6.54. The number of nitrogens with one attached hydrogen (secondary N) is 1. The first-order chi connectivity index (χ1) is 10.1. The highest BCUT2D eigenvalue weighted by atomic mass is 16.7. The van der Waals surface area contributed by atoms with E-state index >= 15 is 0 Å². The molecule has 2 aliphatic heterocycles. The lowest BCUT2D eigenvalue weighted by atomic mass is 10.1. The molecule has 0 aromatic heterocycles. The summed E-state index contributed by atoms with van der Waals surface area (Å²) in [5.41, 5.74) is 1.46. The number of hydrogen-bond donors (Lipinski definition) is 1. The molecule has 21 heavy (non-hydrogen) atoms. The van der Waals surface area contributed by atoms with Gasteiger partial charge in [0.05, 0.1) is 23.2 Å². The summed E-state index contributed by atoms with van der Waals surface area (Å²) in [6.45, 7) is 1.23. The van der Waals surface area contributed by atoms with E-state index in [1.54, 1.807) is 12.1 Å². The highest BCUT2D eigenvalue weighted by molar-refractivity contribution is 6.12. The van der Waals surface area contributed by atoms with E-state index in [0.29, 0.717) is 23.5 Å². The Hall–Kier alpha value is -2.48. The van der Waals surface area contributed by atoms with Crippen LogP contribution in [0.1, 0.15) is 18.4 Å². The second kappa shape index (κ2) is 5.49. The molecule has 1 N–H and O–H groups in total. The molecule has 8 heteroatoms. The van der Waals surface area contributed by atoms with Crippen molar-refractivity contribution in [1.82, 2.24) is 0 Å². The SMILES string of the molecule is O=C1CC(c2ccc([N+](=O)[O-])c(NC[C@@H]3CCO3)c2)=NO1. The molecule has 0 saturated carbocycles. The van der Waals surface area contributed by atoms with Gasteiger partial charge >= 0.3 is 5.97 Å². The monoisotopic (exact) mass is 291 g/mol. The molecular weight excluding hydrogens is 278 g/mol. The van der Waals surface area contributed by atoms with Gasteiger partial charge in [-0.25, -0.2) is 4.79 Å². The Bertz CT molecular complexity index is 624. The predicted molar refractivity (Wildman–Crippen MR) is 73.2 cm³/mol. The van der Waals surface area contributed by atoms with E-state index in [1.165, 1.54) is 6.07 Å². The van der Waals surface area contributed by atoms with E-state index in [9.17, 15) is 14.9 Å². The number of ether oxygens (including phenoxy) is 1. The number of oxime groups is 1. The summed E-state index contributed by atoms with van der Waals surface area (Å²) in [6.07, 6.45) is 1.10. The van der Waals surface area contributed by atoms with Crippen LogP contribution in [0.25, 0.3) is 0 Å². The smallest absolute Gasteiger partial charge is 0.341 e. The molecule has 2 aliphatic rings. The molecule has 8 nitrogen and oxygen atoms in total. The lowest BCUT2D eigenvalue weighted by Gasteiger charge is -2.26. The van der Waals surface area contributed by atoms with Crippen molar-refractivity contribution >= 4 is 23.1 Å². The van der Waals surface area contributed by atoms with Crippen LogP contribution >= 0.6 is 0 Å². The molecule has 0 aliphatic carbocycles. The maximum atomic E-state index is 11.1. The van der Waals surface area contributed by atoms with Gasteiger partial charge in [0.25, 0.3) is 5.69 Å². The molecule has 1 aromatic carbocycles. The molecule has 0 unspecified atom stereocenters. The van der Waals surface area contributed by atoms with E-state index in [2.05, 4.69) is 15.3 Å². The summed E-state index contributed by atoms with van der Waals surface area (Å²) in [5, 5.41) is 17.8. The molecular formula is C13H13N3O5. The molecule has 1 aromatic rings. The summed E-state index contributed by atoms with van der Waals surface area (Å²) in [4.78, 5) is 26.2. The quantitative estimate of drug-likeness (QED) is 0.500. The molecule has 110 valence electrons. The van der Waals surface area contributed by atoms with Crippen LogP contribution in [0.2, 0.25) is 0 Å². The van der Waals surface area contributed by atoms with Crippen LogP contribution in [0.5, 0.6) is 0 Å². The average molecular weight is 291 g/mol. The van der Waals surface area contributed by atoms with Gasteiger partial charge in [0, 0.05) is 24.8 Å². The lowest BCUT2D eigenvalue weighted by molar-refractivity contribution is -0.384. The number of carbonyl (C=O) groups excluding carboxylic acids is 1. The Morgan fingerprint density at radius 2 is 2.29 bits per heavy atom. The van der Waals surface area contributed by atoms with E-state index in [1.807, 2.05) is 0 Å². The molecule has 0 spiro atoms. The van der Waals surface area contributed by atoms with Gasteiger partial charge in [-0.2, -0.15) is 0 Å². The van der Waals surface area contributed by atoms with Crippen molar-refractivity contribution in [1.29, 1.82) is 0 Å². The third-order valence-corrected chi connectivity index (χ3v) is 3.41. The van der Waals surface area contributed by atoms with Crippen LogP contribution in [0, 0.1) is 10.1 Å². The van der Waals surface area contributed by atoms with E-state index in [0.717, 1.165) is 13.0 Å². The summed E-state index contributed by atoms with van der Waals surface area (Å²) >= 11 is 0. The first-order valence-corrected chi connectivity index (χ1v) is 6.54. The molecule has 1 atom stereocenters. The molecule has 1 fully saturated rings. The summed E-state index contributed by atoms with van der Waals surface area (Å²) in [5.74, 6) is -0.430. The van der Waals surface area contributed by atoms with Gasteiger partial charge < -0.3 is 14.9 Å². The Kier molecular flexibility index (Phi) is 3.53. The van der Waals surface area contributed by atoms with Crippen molar-refractivity contribution in [3.63, 3.8) is 0 Å². The number of carbonyl (C=O) groups is 1. The van der Waals surface area contributed by atoms with Crippen LogP contribution in [0.15, 0.2) is 23.4 Å². The van der Waals surface area contributed by atoms with Gasteiger partial charge in [-0.3, -0.25) is 10.1 Å². The molecule has 2 heterocycles. The first kappa shape index (κ1) is 13.5. The average Bonchev–Trinajstić information content (AvgIpc) is 2.83. The number of nitro benzene ring substituents is 1. The number of benzene rings is 1. The van der Waals surface area contributed by atoms with Crippen molar-refractivity contribution in [2.75, 3.05) is 18.5 Å². The molecule has 3 rings (SSSR count). The topological polar surface area (TPSA) is 103 Å². The van der Waals surface area contributed by atoms with Crippen LogP contribution in [0.4, 0.5) is 11.4 Å². The largest absolute Gasteiger partial charge is 0.377 e. The number of anilines is 1. The molecule has 0 bridgehead atoms. The Morgan fingerprint density at radius 3 is 2.86 bits per heavy atom. The number of hydrogen-bond acceptors (Lipinski definition) is 7. The Morgan fingerprint density at radius 1 is 1.48 bits per heavy atom. The van der Waals surface area contributed by atoms with Crippen molar-refractivity contribution in [2.24, 2.45) is 5.16 Å². The van der Waals surface area contributed by atoms with Gasteiger partial charge in [-0.15, -0.1) is 0 Å². The van der Waals surface area contributed by atoms with Crippen LogP contribution in [0.3, 0.4) is 0 Å². The summed E-state index contributed by atoms with van der Waals surface area (Å²) < 4.78 is 5.28. The minimum absolute atomic E-state index is 0.0242. The van der Waals surface area contributed by atoms with Gasteiger partial charge in [0.2, 0.25) is 0 Å². The Balaban J connectivity index is 1.82. The molecule has 0 radical (unpaired) electrons. The van der Waals surface area contributed by atoms with Crippen molar-refractivity contribution in [2.45, 2.75) is 18.9 Å². The van der Waals surface area contributed by atoms with Crippen molar-refractivity contribution < 1.29 is 19.3 Å². The van der Waals surface area contributed by atoms with E-state index < -0.39 is 10.9 Å². The normalized spacial score (nSPS) is 20.5. The predicted octanol–water partition coefficient (Wildman–Crippen LogP) is 1.45. The second-order valence-electron chi connectivity index (χ2n) is 4.83. The zero-order valence-corrected chi connectivity index (χ0v) is 11.1. The number of nitrogens with zero attached hydrogens (tertiary/aromatic N) is 2. The zero-order chi connectivity index (χ0) is 14.8. The maximum Gasteiger partial charge on any atom is 0.341 e. The summed E-state index contributed by atoms with van der Waals surface area (Å²) in [7, 11) is 0. The molecule has 1 saturated heterocycles. The fourth-order valence-corrected chi connectivity index (χ4v) is 2.15. The van der Waals surface area contributed by atoms with Gasteiger partial charge in [0.1, 0.15) is 5.69 Å². The third kappa shape index (κ3) is 2.84. The van der Waals surface area contributed by atoms with Gasteiger partial charge in [-0.05, 0) is 18.6 Å². The third-order valence-electron chi connectivity index (χ3n) is 3.41. The second-order valence-corrected chi connectivity index (χ2v) is 4.83. The van der Waals surface area contributed by atoms with E-state index in [4.69, 9.17) is 4.74 Å². The Labute approximate surface area is 119 Å². The highest BCUT2D eigenvalue weighted by Gasteiger charge is 2.23. The van der Waals surface area contributed by atoms with Gasteiger partial charge in [-0.1, -0.05) is 5.16 Å². The van der Waals surface area contributed by atoms with Crippen LogP contribution < -0.4 is 5.32 Å². The standard InChI is InChI=1S/C13H13N3O5/c17-13-6-10(15-21-13)8-1-2-12(16(18)19)11(5-8)14-7-9-3-4-20-9/h1-2,5,9,14H,3-4,6-7H2/t9-/m0/s1. The highest BCUT2D eigenvalue weighted by Crippen LogP contribution is 2.27. The van der Waals surface area contributed by atoms with Crippen molar-refractivity contribution in [3.8, 4) is 0 Å². The van der Waals surface area contributed by atoms with Crippen molar-refractivity contribution in [3.05, 3.63) is 33.9 Å². The zero-order valence-electron chi connectivity index (χ0n) is 11.1. The fraction of sp³-hybridized carbons (Fsp3) is 0.385. The van der Waals surface area contributed by atoms with Crippen LogP contribution in [-0.4, -0.2) is 35.9 Å². The van der Waals surface area contributed by atoms with Gasteiger partial charge in [0.15, 0.2) is 0 Å². The molecule has 0 amide bonds. The summed E-state index contributed by atoms with van der Waals surface area (Å²) in [6, 6.07) is 4.56. The maximum absolute atomic E-state index is 11.1. The minimum Gasteiger partial charge on any atom is -0.377 e. The number of rotatable bonds is 5. The van der Waals surface area contributed by atoms with E-state index in [-0.39, 0.29) is 18.2 Å². The lowest BCUT2D eigenvalue weighted by Crippen LogP contribution is -2.33. The fourth-order valence-electron chi connectivity index (χ4n) is 2.15. The minimum atomic E-state index is -0.453. The number of nitro groups is 1.